The van der Waals surface area contributed by atoms with Crippen LogP contribution in [0.4, 0.5) is 5.69 Å². The van der Waals surface area contributed by atoms with Gasteiger partial charge in [0.1, 0.15) is 0 Å². The lowest BCUT2D eigenvalue weighted by Gasteiger charge is -2.35. The first-order chi connectivity index (χ1) is 7.17. The second-order valence-electron chi connectivity index (χ2n) is 4.55. The van der Waals surface area contributed by atoms with Crippen LogP contribution in [0.2, 0.25) is 0 Å². The van der Waals surface area contributed by atoms with E-state index in [1.807, 2.05) is 0 Å². The Kier molecular flexibility index (Phi) is 2.96. The summed E-state index contributed by atoms with van der Waals surface area (Å²) in [6, 6.07) is 7.20. The summed E-state index contributed by atoms with van der Waals surface area (Å²) in [5.41, 5.74) is 3.88. The van der Waals surface area contributed by atoms with E-state index in [0.29, 0.717) is 12.1 Å². The Morgan fingerprint density at radius 3 is 2.27 bits per heavy atom. The molecule has 0 unspecified atom stereocenters. The molecular weight excluding hydrogens is 186 g/mol. The fraction of sp³-hybridized carbons (Fsp3) is 0.538. The van der Waals surface area contributed by atoms with Gasteiger partial charge >= 0.3 is 0 Å². The zero-order chi connectivity index (χ0) is 10.8. The third kappa shape index (κ3) is 2.51. The molecule has 15 heavy (non-hydrogen) atoms. The maximum absolute atomic E-state index is 5.26. The maximum Gasteiger partial charge on any atom is 0.0610 e. The van der Waals surface area contributed by atoms with Crippen molar-refractivity contribution in [3.8, 4) is 0 Å². The molecule has 1 aromatic carbocycles. The monoisotopic (exact) mass is 205 g/mol. The summed E-state index contributed by atoms with van der Waals surface area (Å²) in [6.45, 7) is 4.27. The Labute approximate surface area is 91.6 Å². The van der Waals surface area contributed by atoms with Crippen LogP contribution in [-0.2, 0) is 4.74 Å². The second-order valence-corrected chi connectivity index (χ2v) is 4.55. The molecule has 1 aliphatic rings. The van der Waals surface area contributed by atoms with E-state index in [2.05, 4.69) is 37.4 Å². The molecule has 2 heteroatoms. The SMILES string of the molecule is COC1CC(Nc2cc(C)cc(C)c2)C1. The maximum atomic E-state index is 5.26. The largest absolute Gasteiger partial charge is 0.382 e. The summed E-state index contributed by atoms with van der Waals surface area (Å²) in [4.78, 5) is 0. The van der Waals surface area contributed by atoms with Gasteiger partial charge in [-0.3, -0.25) is 0 Å². The van der Waals surface area contributed by atoms with Crippen molar-refractivity contribution >= 4 is 5.69 Å². The second kappa shape index (κ2) is 4.23. The number of benzene rings is 1. The molecule has 0 atom stereocenters. The molecule has 0 heterocycles. The molecule has 2 rings (SSSR count). The smallest absolute Gasteiger partial charge is 0.0610 e. The molecular formula is C13H19NO. The molecule has 1 aliphatic carbocycles. The zero-order valence-electron chi connectivity index (χ0n) is 9.71. The van der Waals surface area contributed by atoms with Gasteiger partial charge in [-0.2, -0.15) is 0 Å². The summed E-state index contributed by atoms with van der Waals surface area (Å²) in [5.74, 6) is 0. The summed E-state index contributed by atoms with van der Waals surface area (Å²) < 4.78 is 5.26. The molecule has 0 bridgehead atoms. The van der Waals surface area contributed by atoms with Crippen molar-refractivity contribution in [3.63, 3.8) is 0 Å². The number of anilines is 1. The lowest BCUT2D eigenvalue weighted by molar-refractivity contribution is 0.0329. The number of rotatable bonds is 3. The first kappa shape index (κ1) is 10.5. The van der Waals surface area contributed by atoms with E-state index in [-0.39, 0.29) is 0 Å². The van der Waals surface area contributed by atoms with Gasteiger partial charge in [0.25, 0.3) is 0 Å². The molecule has 0 amide bonds. The third-order valence-corrected chi connectivity index (χ3v) is 3.02. The number of nitrogens with one attached hydrogen (secondary N) is 1. The molecule has 0 aromatic heterocycles. The normalized spacial score (nSPS) is 24.7. The van der Waals surface area contributed by atoms with Gasteiger partial charge in [0, 0.05) is 18.8 Å². The molecule has 1 saturated carbocycles. The fourth-order valence-corrected chi connectivity index (χ4v) is 2.17. The minimum absolute atomic E-state index is 0.466. The Morgan fingerprint density at radius 2 is 1.73 bits per heavy atom. The summed E-state index contributed by atoms with van der Waals surface area (Å²) in [6.07, 6.45) is 2.72. The van der Waals surface area contributed by atoms with Crippen molar-refractivity contribution < 1.29 is 4.74 Å². The summed E-state index contributed by atoms with van der Waals surface area (Å²) in [7, 11) is 1.79. The fourth-order valence-electron chi connectivity index (χ4n) is 2.17. The minimum atomic E-state index is 0.466. The number of hydrogen-bond donors (Lipinski definition) is 1. The molecule has 1 aromatic rings. The topological polar surface area (TPSA) is 21.3 Å². The van der Waals surface area contributed by atoms with E-state index in [1.54, 1.807) is 7.11 Å². The Hall–Kier alpha value is -1.02. The van der Waals surface area contributed by atoms with Crippen LogP contribution in [0.15, 0.2) is 18.2 Å². The van der Waals surface area contributed by atoms with E-state index in [0.717, 1.165) is 12.8 Å². The number of ether oxygens (including phenoxy) is 1. The standard InChI is InChI=1S/C13H19NO/c1-9-4-10(2)6-11(5-9)14-12-7-13(8-12)15-3/h4-6,12-14H,7-8H2,1-3H3. The average Bonchev–Trinajstić information content (AvgIpc) is 2.08. The molecule has 0 aliphatic heterocycles. The predicted molar refractivity (Wildman–Crippen MR) is 63.4 cm³/mol. The molecule has 1 fully saturated rings. The van der Waals surface area contributed by atoms with Gasteiger partial charge < -0.3 is 10.1 Å². The lowest BCUT2D eigenvalue weighted by atomic mass is 9.89. The van der Waals surface area contributed by atoms with Crippen LogP contribution in [0, 0.1) is 13.8 Å². The molecule has 1 N–H and O–H groups in total. The third-order valence-electron chi connectivity index (χ3n) is 3.02. The van der Waals surface area contributed by atoms with Crippen LogP contribution in [0.1, 0.15) is 24.0 Å². The van der Waals surface area contributed by atoms with Gasteiger partial charge in [-0.15, -0.1) is 0 Å². The highest BCUT2D eigenvalue weighted by Crippen LogP contribution is 2.26. The van der Waals surface area contributed by atoms with Crippen molar-refractivity contribution in [2.45, 2.75) is 38.8 Å². The van der Waals surface area contributed by atoms with E-state index in [1.165, 1.54) is 16.8 Å². The van der Waals surface area contributed by atoms with E-state index in [4.69, 9.17) is 4.74 Å². The zero-order valence-corrected chi connectivity index (χ0v) is 9.71. The molecule has 0 spiro atoms. The highest BCUT2D eigenvalue weighted by atomic mass is 16.5. The van der Waals surface area contributed by atoms with Gasteiger partial charge in [0.2, 0.25) is 0 Å². The van der Waals surface area contributed by atoms with Gasteiger partial charge in [-0.05, 0) is 49.9 Å². The van der Waals surface area contributed by atoms with Crippen LogP contribution in [0.5, 0.6) is 0 Å². The predicted octanol–water partition coefficient (Wildman–Crippen LogP) is 2.89. The van der Waals surface area contributed by atoms with Gasteiger partial charge in [0.05, 0.1) is 6.10 Å². The van der Waals surface area contributed by atoms with E-state index in [9.17, 15) is 0 Å². The van der Waals surface area contributed by atoms with Gasteiger partial charge in [-0.1, -0.05) is 6.07 Å². The van der Waals surface area contributed by atoms with Crippen molar-refractivity contribution in [1.29, 1.82) is 0 Å². The molecule has 82 valence electrons. The Morgan fingerprint density at radius 1 is 1.13 bits per heavy atom. The highest BCUT2D eigenvalue weighted by Gasteiger charge is 2.28. The Balaban J connectivity index is 1.94. The quantitative estimate of drug-likeness (QED) is 0.819. The molecule has 0 radical (unpaired) electrons. The van der Waals surface area contributed by atoms with Crippen molar-refractivity contribution in [1.82, 2.24) is 0 Å². The van der Waals surface area contributed by atoms with E-state index >= 15 is 0 Å². The average molecular weight is 205 g/mol. The number of hydrogen-bond acceptors (Lipinski definition) is 2. The van der Waals surface area contributed by atoms with Crippen molar-refractivity contribution in [2.75, 3.05) is 12.4 Å². The minimum Gasteiger partial charge on any atom is -0.382 e. The first-order valence-electron chi connectivity index (χ1n) is 5.55. The lowest BCUT2D eigenvalue weighted by Crippen LogP contribution is -2.40. The van der Waals surface area contributed by atoms with E-state index < -0.39 is 0 Å². The molecule has 2 nitrogen and oxygen atoms in total. The van der Waals surface area contributed by atoms with Crippen LogP contribution >= 0.6 is 0 Å². The first-order valence-corrected chi connectivity index (χ1v) is 5.55. The number of methoxy groups -OCH3 is 1. The van der Waals surface area contributed by atoms with Crippen LogP contribution < -0.4 is 5.32 Å². The van der Waals surface area contributed by atoms with Crippen LogP contribution in [0.25, 0.3) is 0 Å². The molecule has 0 saturated heterocycles. The summed E-state index contributed by atoms with van der Waals surface area (Å²) >= 11 is 0. The highest BCUT2D eigenvalue weighted by molar-refractivity contribution is 5.49. The van der Waals surface area contributed by atoms with Crippen LogP contribution in [0.3, 0.4) is 0 Å². The van der Waals surface area contributed by atoms with Gasteiger partial charge in [0.15, 0.2) is 0 Å². The summed E-state index contributed by atoms with van der Waals surface area (Å²) in [5, 5.41) is 3.54. The van der Waals surface area contributed by atoms with Crippen molar-refractivity contribution in [3.05, 3.63) is 29.3 Å². The van der Waals surface area contributed by atoms with Gasteiger partial charge in [-0.25, -0.2) is 0 Å². The van der Waals surface area contributed by atoms with Crippen LogP contribution in [-0.4, -0.2) is 19.3 Å². The Bertz CT molecular complexity index is 322. The number of aryl methyl sites for hydroxylation is 2. The van der Waals surface area contributed by atoms with Crippen molar-refractivity contribution in [2.24, 2.45) is 0 Å².